The van der Waals surface area contributed by atoms with Gasteiger partial charge in [0.05, 0.1) is 13.0 Å². The van der Waals surface area contributed by atoms with Gasteiger partial charge >= 0.3 is 12.1 Å². The lowest BCUT2D eigenvalue weighted by Gasteiger charge is -2.15. The summed E-state index contributed by atoms with van der Waals surface area (Å²) in [6, 6.07) is 6.18. The number of rotatable bonds is 3. The number of fused-ring (bicyclic) bond motifs is 1. The van der Waals surface area contributed by atoms with Crippen molar-refractivity contribution in [2.75, 3.05) is 20.2 Å². The van der Waals surface area contributed by atoms with E-state index in [4.69, 9.17) is 9.84 Å². The van der Waals surface area contributed by atoms with Gasteiger partial charge in [-0.3, -0.25) is 4.79 Å². The van der Waals surface area contributed by atoms with E-state index in [1.165, 1.54) is 23.1 Å². The van der Waals surface area contributed by atoms with Gasteiger partial charge in [-0.05, 0) is 36.0 Å². The number of amides is 1. The summed E-state index contributed by atoms with van der Waals surface area (Å²) in [6.45, 7) is 2.92. The zero-order valence-electron chi connectivity index (χ0n) is 12.5. The Hall–Kier alpha value is -2.04. The summed E-state index contributed by atoms with van der Waals surface area (Å²) >= 11 is 0. The molecule has 1 N–H and O–H groups in total. The molecule has 1 amide bonds. The Labute approximate surface area is 124 Å². The van der Waals surface area contributed by atoms with Crippen molar-refractivity contribution in [2.45, 2.75) is 26.2 Å². The minimum Gasteiger partial charge on any atom is -0.469 e. The number of benzene rings is 1. The molecule has 114 valence electrons. The van der Waals surface area contributed by atoms with Crippen LogP contribution >= 0.6 is 0 Å². The van der Waals surface area contributed by atoms with Crippen molar-refractivity contribution in [1.82, 2.24) is 4.90 Å². The van der Waals surface area contributed by atoms with Crippen molar-refractivity contribution in [1.29, 1.82) is 0 Å². The highest BCUT2D eigenvalue weighted by Crippen LogP contribution is 2.20. The molecule has 1 aliphatic heterocycles. The van der Waals surface area contributed by atoms with E-state index in [1.54, 1.807) is 0 Å². The molecule has 1 unspecified atom stereocenters. The van der Waals surface area contributed by atoms with Gasteiger partial charge in [0.1, 0.15) is 0 Å². The Morgan fingerprint density at radius 3 is 2.57 bits per heavy atom. The van der Waals surface area contributed by atoms with E-state index in [0.717, 1.165) is 18.4 Å². The molecule has 5 nitrogen and oxygen atoms in total. The van der Waals surface area contributed by atoms with E-state index in [-0.39, 0.29) is 11.9 Å². The largest absolute Gasteiger partial charge is 0.469 e. The molecule has 0 saturated carbocycles. The van der Waals surface area contributed by atoms with Crippen molar-refractivity contribution in [3.63, 3.8) is 0 Å². The SMILES string of the molecule is COC(=O)C(C)Cc1ccc2c(c1)CCN(C(=O)O)CC2. The van der Waals surface area contributed by atoms with E-state index in [0.29, 0.717) is 19.5 Å². The minimum atomic E-state index is -0.859. The molecule has 5 heteroatoms. The second-order valence-electron chi connectivity index (χ2n) is 5.50. The summed E-state index contributed by atoms with van der Waals surface area (Å²) in [5, 5.41) is 9.08. The standard InChI is InChI=1S/C16H21NO4/c1-11(15(18)21-2)9-12-3-4-13-5-7-17(16(19)20)8-6-14(13)10-12/h3-4,10-11H,5-9H2,1-2H3,(H,19,20). The van der Waals surface area contributed by atoms with Gasteiger partial charge in [0.2, 0.25) is 0 Å². The van der Waals surface area contributed by atoms with Gasteiger partial charge in [0.15, 0.2) is 0 Å². The Kier molecular flexibility index (Phi) is 4.83. The molecule has 1 aromatic carbocycles. The molecular weight excluding hydrogens is 270 g/mol. The van der Waals surface area contributed by atoms with Crippen LogP contribution in [0.5, 0.6) is 0 Å². The van der Waals surface area contributed by atoms with E-state index in [1.807, 2.05) is 13.0 Å². The Morgan fingerprint density at radius 1 is 1.29 bits per heavy atom. The molecule has 2 rings (SSSR count). The van der Waals surface area contributed by atoms with Crippen LogP contribution in [-0.2, 0) is 28.8 Å². The molecule has 1 aromatic rings. The van der Waals surface area contributed by atoms with Crippen molar-refractivity contribution in [3.05, 3.63) is 34.9 Å². The first kappa shape index (κ1) is 15.4. The van der Waals surface area contributed by atoms with Gasteiger partial charge in [-0.1, -0.05) is 25.1 Å². The Bertz CT molecular complexity index is 541. The monoisotopic (exact) mass is 291 g/mol. The highest BCUT2D eigenvalue weighted by atomic mass is 16.5. The van der Waals surface area contributed by atoms with Crippen LogP contribution in [0.3, 0.4) is 0 Å². The zero-order valence-corrected chi connectivity index (χ0v) is 12.5. The van der Waals surface area contributed by atoms with Gasteiger partial charge < -0.3 is 14.7 Å². The molecule has 1 aliphatic rings. The van der Waals surface area contributed by atoms with Gasteiger partial charge in [-0.2, -0.15) is 0 Å². The van der Waals surface area contributed by atoms with Crippen LogP contribution in [0.2, 0.25) is 0 Å². The number of esters is 1. The Balaban J connectivity index is 2.10. The molecular formula is C16H21NO4. The van der Waals surface area contributed by atoms with Crippen molar-refractivity contribution in [3.8, 4) is 0 Å². The maximum absolute atomic E-state index is 11.5. The predicted octanol–water partition coefficient (Wildman–Crippen LogP) is 2.12. The lowest BCUT2D eigenvalue weighted by atomic mass is 9.95. The second kappa shape index (κ2) is 6.61. The molecule has 21 heavy (non-hydrogen) atoms. The maximum atomic E-state index is 11.5. The number of ether oxygens (including phenoxy) is 1. The average Bonchev–Trinajstić information content (AvgIpc) is 2.68. The minimum absolute atomic E-state index is 0.172. The van der Waals surface area contributed by atoms with Crippen molar-refractivity contribution < 1.29 is 19.4 Å². The fraction of sp³-hybridized carbons (Fsp3) is 0.500. The van der Waals surface area contributed by atoms with Gasteiger partial charge in [0, 0.05) is 13.1 Å². The van der Waals surface area contributed by atoms with Crippen LogP contribution in [0, 0.1) is 5.92 Å². The van der Waals surface area contributed by atoms with Gasteiger partial charge in [0.25, 0.3) is 0 Å². The van der Waals surface area contributed by atoms with Crippen LogP contribution in [-0.4, -0.2) is 42.3 Å². The van der Waals surface area contributed by atoms with Gasteiger partial charge in [-0.25, -0.2) is 4.79 Å². The molecule has 0 fully saturated rings. The van der Waals surface area contributed by atoms with Crippen LogP contribution in [0.4, 0.5) is 4.79 Å². The predicted molar refractivity (Wildman–Crippen MR) is 78.3 cm³/mol. The quantitative estimate of drug-likeness (QED) is 0.866. The lowest BCUT2D eigenvalue weighted by Crippen LogP contribution is -2.31. The first-order chi connectivity index (χ1) is 10.0. The summed E-state index contributed by atoms with van der Waals surface area (Å²) in [5.74, 6) is -0.378. The molecule has 0 aliphatic carbocycles. The van der Waals surface area contributed by atoms with Crippen molar-refractivity contribution >= 4 is 12.1 Å². The number of hydrogen-bond donors (Lipinski definition) is 1. The average molecular weight is 291 g/mol. The third-order valence-corrected chi connectivity index (χ3v) is 3.99. The van der Waals surface area contributed by atoms with E-state index >= 15 is 0 Å². The molecule has 0 aromatic heterocycles. The maximum Gasteiger partial charge on any atom is 0.407 e. The third-order valence-electron chi connectivity index (χ3n) is 3.99. The summed E-state index contributed by atoms with van der Waals surface area (Å²) in [4.78, 5) is 24.0. The number of carbonyl (C=O) groups excluding carboxylic acids is 1. The van der Waals surface area contributed by atoms with E-state index in [2.05, 4.69) is 12.1 Å². The topological polar surface area (TPSA) is 66.8 Å². The van der Waals surface area contributed by atoms with Crippen LogP contribution < -0.4 is 0 Å². The number of hydrogen-bond acceptors (Lipinski definition) is 3. The summed E-state index contributed by atoms with van der Waals surface area (Å²) in [6.07, 6.45) is 1.25. The first-order valence-corrected chi connectivity index (χ1v) is 7.17. The molecule has 1 heterocycles. The number of nitrogens with zero attached hydrogens (tertiary/aromatic N) is 1. The molecule has 0 saturated heterocycles. The molecule has 0 bridgehead atoms. The highest BCUT2D eigenvalue weighted by molar-refractivity contribution is 5.72. The zero-order chi connectivity index (χ0) is 15.4. The Morgan fingerprint density at radius 2 is 1.95 bits per heavy atom. The van der Waals surface area contributed by atoms with Crippen LogP contribution in [0.15, 0.2) is 18.2 Å². The van der Waals surface area contributed by atoms with E-state index in [9.17, 15) is 9.59 Å². The molecule has 1 atom stereocenters. The normalized spacial score (nSPS) is 15.8. The molecule has 0 spiro atoms. The van der Waals surface area contributed by atoms with Crippen LogP contribution in [0.1, 0.15) is 23.6 Å². The summed E-state index contributed by atoms with van der Waals surface area (Å²) in [7, 11) is 1.40. The van der Waals surface area contributed by atoms with Gasteiger partial charge in [-0.15, -0.1) is 0 Å². The highest BCUT2D eigenvalue weighted by Gasteiger charge is 2.19. The number of carbonyl (C=O) groups is 2. The first-order valence-electron chi connectivity index (χ1n) is 7.17. The molecule has 0 radical (unpaired) electrons. The van der Waals surface area contributed by atoms with Crippen molar-refractivity contribution in [2.24, 2.45) is 5.92 Å². The fourth-order valence-corrected chi connectivity index (χ4v) is 2.73. The van der Waals surface area contributed by atoms with Crippen LogP contribution in [0.25, 0.3) is 0 Å². The summed E-state index contributed by atoms with van der Waals surface area (Å²) in [5.41, 5.74) is 3.48. The lowest BCUT2D eigenvalue weighted by molar-refractivity contribution is -0.144. The smallest absolute Gasteiger partial charge is 0.407 e. The summed E-state index contributed by atoms with van der Waals surface area (Å²) < 4.78 is 4.75. The number of carboxylic acid groups (broad SMARTS) is 1. The second-order valence-corrected chi connectivity index (χ2v) is 5.50. The van der Waals surface area contributed by atoms with E-state index < -0.39 is 6.09 Å². The fourth-order valence-electron chi connectivity index (χ4n) is 2.73. The number of methoxy groups -OCH3 is 1. The third kappa shape index (κ3) is 3.74.